The SMILES string of the molecule is Cc1cn(-c2cc(Cl)ccc2C(=O)c2ccccc2Cl)cn1. The molecule has 0 spiro atoms. The Morgan fingerprint density at radius 1 is 1.09 bits per heavy atom. The van der Waals surface area contributed by atoms with E-state index in [-0.39, 0.29) is 5.78 Å². The molecule has 0 fully saturated rings. The zero-order chi connectivity index (χ0) is 15.7. The van der Waals surface area contributed by atoms with Crippen LogP contribution in [0.15, 0.2) is 55.0 Å². The lowest BCUT2D eigenvalue weighted by Gasteiger charge is -2.11. The monoisotopic (exact) mass is 330 g/mol. The molecular formula is C17H12Cl2N2O. The van der Waals surface area contributed by atoms with Crippen LogP contribution >= 0.6 is 23.2 Å². The number of hydrogen-bond donors (Lipinski definition) is 0. The summed E-state index contributed by atoms with van der Waals surface area (Å²) in [6, 6.07) is 12.1. The standard InChI is InChI=1S/C17H12Cl2N2O/c1-11-9-21(10-20-11)16-8-12(18)6-7-14(16)17(22)13-4-2-3-5-15(13)19/h2-10H,1H3. The summed E-state index contributed by atoms with van der Waals surface area (Å²) in [6.45, 7) is 1.89. The fourth-order valence-corrected chi connectivity index (χ4v) is 2.64. The highest BCUT2D eigenvalue weighted by Crippen LogP contribution is 2.25. The van der Waals surface area contributed by atoms with Crippen molar-refractivity contribution in [3.63, 3.8) is 0 Å². The minimum Gasteiger partial charge on any atom is -0.305 e. The average Bonchev–Trinajstić information content (AvgIpc) is 2.93. The van der Waals surface area contributed by atoms with Gasteiger partial charge in [-0.2, -0.15) is 0 Å². The number of aromatic nitrogens is 2. The molecule has 5 heteroatoms. The molecule has 0 aliphatic heterocycles. The first-order valence-electron chi connectivity index (χ1n) is 6.66. The van der Waals surface area contributed by atoms with E-state index in [1.165, 1.54) is 0 Å². The molecular weight excluding hydrogens is 319 g/mol. The van der Waals surface area contributed by atoms with Crippen molar-refractivity contribution in [3.05, 3.63) is 81.9 Å². The summed E-state index contributed by atoms with van der Waals surface area (Å²) in [7, 11) is 0. The smallest absolute Gasteiger partial charge is 0.196 e. The van der Waals surface area contributed by atoms with Crippen molar-refractivity contribution in [1.82, 2.24) is 9.55 Å². The first kappa shape index (κ1) is 14.8. The van der Waals surface area contributed by atoms with E-state index in [2.05, 4.69) is 4.98 Å². The molecule has 0 saturated heterocycles. The highest BCUT2D eigenvalue weighted by molar-refractivity contribution is 6.35. The van der Waals surface area contributed by atoms with Gasteiger partial charge < -0.3 is 4.57 Å². The molecule has 2 aromatic carbocycles. The molecule has 3 nitrogen and oxygen atoms in total. The quantitative estimate of drug-likeness (QED) is 0.651. The maximum atomic E-state index is 12.8. The van der Waals surface area contributed by atoms with Gasteiger partial charge in [-0.25, -0.2) is 4.98 Å². The molecule has 3 rings (SSSR count). The summed E-state index contributed by atoms with van der Waals surface area (Å²) >= 11 is 12.2. The van der Waals surface area contributed by atoms with E-state index in [4.69, 9.17) is 23.2 Å². The molecule has 0 saturated carbocycles. The second-order valence-corrected chi connectivity index (χ2v) is 5.74. The number of halogens is 2. The van der Waals surface area contributed by atoms with Crippen LogP contribution in [0.3, 0.4) is 0 Å². The van der Waals surface area contributed by atoms with E-state index in [1.54, 1.807) is 53.4 Å². The Morgan fingerprint density at radius 2 is 1.86 bits per heavy atom. The summed E-state index contributed by atoms with van der Waals surface area (Å²) < 4.78 is 1.78. The van der Waals surface area contributed by atoms with E-state index in [1.807, 2.05) is 13.1 Å². The molecule has 0 aliphatic carbocycles. The van der Waals surface area contributed by atoms with Crippen molar-refractivity contribution in [2.75, 3.05) is 0 Å². The van der Waals surface area contributed by atoms with Crippen LogP contribution < -0.4 is 0 Å². The Morgan fingerprint density at radius 3 is 2.55 bits per heavy atom. The van der Waals surface area contributed by atoms with E-state index in [0.29, 0.717) is 26.9 Å². The fraction of sp³-hybridized carbons (Fsp3) is 0.0588. The van der Waals surface area contributed by atoms with E-state index < -0.39 is 0 Å². The minimum absolute atomic E-state index is 0.149. The molecule has 1 heterocycles. The molecule has 0 radical (unpaired) electrons. The Kier molecular flexibility index (Phi) is 4.01. The molecule has 1 aromatic heterocycles. The summed E-state index contributed by atoms with van der Waals surface area (Å²) in [5.41, 5.74) is 2.52. The van der Waals surface area contributed by atoms with Gasteiger partial charge >= 0.3 is 0 Å². The average molecular weight is 331 g/mol. The second-order valence-electron chi connectivity index (χ2n) is 4.89. The summed E-state index contributed by atoms with van der Waals surface area (Å²) in [5.74, 6) is -0.149. The van der Waals surface area contributed by atoms with Crippen LogP contribution in [0.25, 0.3) is 5.69 Å². The molecule has 0 N–H and O–H groups in total. The topological polar surface area (TPSA) is 34.9 Å². The normalized spacial score (nSPS) is 10.7. The van der Waals surface area contributed by atoms with Gasteiger partial charge in [-0.3, -0.25) is 4.79 Å². The minimum atomic E-state index is -0.149. The first-order valence-corrected chi connectivity index (χ1v) is 7.41. The van der Waals surface area contributed by atoms with Crippen LogP contribution in [0.4, 0.5) is 0 Å². The van der Waals surface area contributed by atoms with Gasteiger partial charge in [0.2, 0.25) is 0 Å². The lowest BCUT2D eigenvalue weighted by atomic mass is 10.0. The highest BCUT2D eigenvalue weighted by Gasteiger charge is 2.17. The lowest BCUT2D eigenvalue weighted by Crippen LogP contribution is -2.07. The van der Waals surface area contributed by atoms with Crippen LogP contribution in [0, 0.1) is 6.92 Å². The Hall–Kier alpha value is -2.10. The molecule has 0 unspecified atom stereocenters. The Balaban J connectivity index is 2.15. The third-order valence-electron chi connectivity index (χ3n) is 3.31. The lowest BCUT2D eigenvalue weighted by molar-refractivity contribution is 0.103. The summed E-state index contributed by atoms with van der Waals surface area (Å²) in [5, 5.41) is 0.979. The third-order valence-corrected chi connectivity index (χ3v) is 3.88. The van der Waals surface area contributed by atoms with E-state index >= 15 is 0 Å². The summed E-state index contributed by atoms with van der Waals surface area (Å²) in [6.07, 6.45) is 3.50. The molecule has 0 amide bonds. The number of aryl methyl sites for hydroxylation is 1. The number of carbonyl (C=O) groups is 1. The van der Waals surface area contributed by atoms with Crippen molar-refractivity contribution in [1.29, 1.82) is 0 Å². The van der Waals surface area contributed by atoms with Crippen molar-refractivity contribution < 1.29 is 4.79 Å². The van der Waals surface area contributed by atoms with Crippen molar-refractivity contribution >= 4 is 29.0 Å². The van der Waals surface area contributed by atoms with Crippen molar-refractivity contribution in [2.24, 2.45) is 0 Å². The number of benzene rings is 2. The van der Waals surface area contributed by atoms with Gasteiger partial charge in [-0.1, -0.05) is 35.3 Å². The second kappa shape index (κ2) is 5.95. The third kappa shape index (κ3) is 2.78. The van der Waals surface area contributed by atoms with Crippen LogP contribution in [0.5, 0.6) is 0 Å². The van der Waals surface area contributed by atoms with E-state index in [0.717, 1.165) is 5.69 Å². The zero-order valence-corrected chi connectivity index (χ0v) is 13.3. The molecule has 22 heavy (non-hydrogen) atoms. The van der Waals surface area contributed by atoms with Gasteiger partial charge in [0.05, 0.1) is 22.7 Å². The van der Waals surface area contributed by atoms with Crippen molar-refractivity contribution in [2.45, 2.75) is 6.92 Å². The largest absolute Gasteiger partial charge is 0.305 e. The number of carbonyl (C=O) groups excluding carboxylic acids is 1. The van der Waals surface area contributed by atoms with Gasteiger partial charge in [0, 0.05) is 22.3 Å². The van der Waals surface area contributed by atoms with Gasteiger partial charge in [0.15, 0.2) is 5.78 Å². The van der Waals surface area contributed by atoms with Crippen molar-refractivity contribution in [3.8, 4) is 5.69 Å². The van der Waals surface area contributed by atoms with Gasteiger partial charge in [-0.15, -0.1) is 0 Å². The first-order chi connectivity index (χ1) is 10.6. The number of nitrogens with zero attached hydrogens (tertiary/aromatic N) is 2. The van der Waals surface area contributed by atoms with Gasteiger partial charge in [-0.05, 0) is 37.3 Å². The molecule has 110 valence electrons. The fourth-order valence-electron chi connectivity index (χ4n) is 2.25. The molecule has 0 bridgehead atoms. The van der Waals surface area contributed by atoms with Crippen LogP contribution in [-0.4, -0.2) is 15.3 Å². The zero-order valence-electron chi connectivity index (χ0n) is 11.8. The highest BCUT2D eigenvalue weighted by atomic mass is 35.5. The predicted octanol–water partition coefficient (Wildman–Crippen LogP) is 4.72. The molecule has 0 aliphatic rings. The number of imidazole rings is 1. The molecule has 0 atom stereocenters. The number of ketones is 1. The number of hydrogen-bond acceptors (Lipinski definition) is 2. The maximum Gasteiger partial charge on any atom is 0.196 e. The Bertz CT molecular complexity index is 855. The summed E-state index contributed by atoms with van der Waals surface area (Å²) in [4.78, 5) is 17.0. The Labute approximate surface area is 138 Å². The van der Waals surface area contributed by atoms with Crippen LogP contribution in [-0.2, 0) is 0 Å². The molecule has 3 aromatic rings. The van der Waals surface area contributed by atoms with E-state index in [9.17, 15) is 4.79 Å². The maximum absolute atomic E-state index is 12.8. The predicted molar refractivity (Wildman–Crippen MR) is 88.2 cm³/mol. The van der Waals surface area contributed by atoms with Gasteiger partial charge in [0.1, 0.15) is 0 Å². The van der Waals surface area contributed by atoms with Gasteiger partial charge in [0.25, 0.3) is 0 Å². The number of rotatable bonds is 3. The van der Waals surface area contributed by atoms with Crippen LogP contribution in [0.1, 0.15) is 21.6 Å². The van der Waals surface area contributed by atoms with Crippen LogP contribution in [0.2, 0.25) is 10.0 Å².